The molecule has 0 unspecified atom stereocenters. The topological polar surface area (TPSA) is 59.6 Å². The van der Waals surface area contributed by atoms with Crippen LogP contribution < -0.4 is 15.4 Å². The Morgan fingerprint density at radius 3 is 3.00 bits per heavy atom. The number of halogens is 1. The third kappa shape index (κ3) is 3.77. The lowest BCUT2D eigenvalue weighted by atomic mass is 10.1. The molecule has 1 fully saturated rings. The molecule has 2 amide bonds. The van der Waals surface area contributed by atoms with Gasteiger partial charge < -0.3 is 20.1 Å². The molecule has 110 valence electrons. The molecular formula is C14H19ClN2O3. The number of carbonyl (C=O) groups excluding carboxylic acids is 1. The first-order valence-electron chi connectivity index (χ1n) is 6.63. The van der Waals surface area contributed by atoms with Gasteiger partial charge in [0.25, 0.3) is 0 Å². The molecule has 1 saturated heterocycles. The van der Waals surface area contributed by atoms with Gasteiger partial charge in [-0.05, 0) is 38.0 Å². The van der Waals surface area contributed by atoms with E-state index in [-0.39, 0.29) is 18.2 Å². The Kier molecular flexibility index (Phi) is 5.09. The molecule has 0 saturated carbocycles. The number of hydrogen-bond donors (Lipinski definition) is 2. The van der Waals surface area contributed by atoms with Crippen LogP contribution in [0.1, 0.15) is 19.8 Å². The molecule has 0 aromatic heterocycles. The van der Waals surface area contributed by atoms with Gasteiger partial charge in [-0.25, -0.2) is 4.79 Å². The van der Waals surface area contributed by atoms with E-state index >= 15 is 0 Å². The lowest BCUT2D eigenvalue weighted by molar-refractivity contribution is 0.0868. The van der Waals surface area contributed by atoms with Crippen LogP contribution in [0, 0.1) is 0 Å². The first kappa shape index (κ1) is 14.9. The van der Waals surface area contributed by atoms with Crippen molar-refractivity contribution in [3.8, 4) is 5.75 Å². The minimum Gasteiger partial charge on any atom is -0.495 e. The smallest absolute Gasteiger partial charge is 0.319 e. The van der Waals surface area contributed by atoms with E-state index in [4.69, 9.17) is 21.1 Å². The van der Waals surface area contributed by atoms with Crippen LogP contribution in [-0.4, -0.2) is 31.9 Å². The quantitative estimate of drug-likeness (QED) is 0.898. The zero-order chi connectivity index (χ0) is 14.5. The number of amides is 2. The summed E-state index contributed by atoms with van der Waals surface area (Å²) in [6, 6.07) is 4.73. The fourth-order valence-electron chi connectivity index (χ4n) is 2.23. The Morgan fingerprint density at radius 2 is 2.35 bits per heavy atom. The van der Waals surface area contributed by atoms with Crippen LogP contribution in [0.25, 0.3) is 0 Å². The molecular weight excluding hydrogens is 280 g/mol. The van der Waals surface area contributed by atoms with Gasteiger partial charge in [0, 0.05) is 11.6 Å². The molecule has 0 spiro atoms. The van der Waals surface area contributed by atoms with E-state index in [0.717, 1.165) is 19.4 Å². The largest absolute Gasteiger partial charge is 0.495 e. The van der Waals surface area contributed by atoms with Crippen LogP contribution in [0.4, 0.5) is 10.5 Å². The fraction of sp³-hybridized carbons (Fsp3) is 0.500. The summed E-state index contributed by atoms with van der Waals surface area (Å²) in [5.41, 5.74) is 0.539. The number of nitrogens with one attached hydrogen (secondary N) is 2. The van der Waals surface area contributed by atoms with Crippen molar-refractivity contribution in [2.24, 2.45) is 0 Å². The zero-order valence-electron chi connectivity index (χ0n) is 11.6. The summed E-state index contributed by atoms with van der Waals surface area (Å²) in [7, 11) is 1.54. The number of methoxy groups -OCH3 is 1. The summed E-state index contributed by atoms with van der Waals surface area (Å²) in [6.45, 7) is 2.70. The predicted molar refractivity (Wildman–Crippen MR) is 78.6 cm³/mol. The Labute approximate surface area is 123 Å². The molecule has 1 aliphatic rings. The van der Waals surface area contributed by atoms with Crippen molar-refractivity contribution in [3.63, 3.8) is 0 Å². The number of ether oxygens (including phenoxy) is 2. The van der Waals surface area contributed by atoms with Gasteiger partial charge in [0.05, 0.1) is 24.9 Å². The van der Waals surface area contributed by atoms with E-state index in [9.17, 15) is 4.79 Å². The number of benzene rings is 1. The Morgan fingerprint density at radius 1 is 1.55 bits per heavy atom. The summed E-state index contributed by atoms with van der Waals surface area (Å²) >= 11 is 5.92. The third-order valence-corrected chi connectivity index (χ3v) is 3.53. The molecule has 2 atom stereocenters. The SMILES string of the molecule is COc1ccc(Cl)cc1NC(=O)N[C@H](C)[C@@H]1CCCO1. The number of hydrogen-bond acceptors (Lipinski definition) is 3. The Bertz CT molecular complexity index is 475. The lowest BCUT2D eigenvalue weighted by Gasteiger charge is -2.20. The van der Waals surface area contributed by atoms with Crippen LogP contribution in [0.2, 0.25) is 5.02 Å². The van der Waals surface area contributed by atoms with E-state index in [1.54, 1.807) is 25.3 Å². The molecule has 1 aliphatic heterocycles. The molecule has 6 heteroatoms. The van der Waals surface area contributed by atoms with Crippen molar-refractivity contribution < 1.29 is 14.3 Å². The van der Waals surface area contributed by atoms with E-state index < -0.39 is 0 Å². The summed E-state index contributed by atoms with van der Waals surface area (Å²) in [6.07, 6.45) is 2.10. The molecule has 1 heterocycles. The van der Waals surface area contributed by atoms with Gasteiger partial charge in [-0.3, -0.25) is 0 Å². The number of rotatable bonds is 4. The molecule has 2 N–H and O–H groups in total. The average molecular weight is 299 g/mol. The summed E-state index contributed by atoms with van der Waals surface area (Å²) in [5.74, 6) is 0.564. The van der Waals surface area contributed by atoms with Crippen molar-refractivity contribution in [2.75, 3.05) is 19.0 Å². The predicted octanol–water partition coefficient (Wildman–Crippen LogP) is 3.04. The molecule has 20 heavy (non-hydrogen) atoms. The first-order chi connectivity index (χ1) is 9.60. The van der Waals surface area contributed by atoms with E-state index in [1.165, 1.54) is 0 Å². The van der Waals surface area contributed by atoms with Crippen LogP contribution in [0.3, 0.4) is 0 Å². The molecule has 0 aliphatic carbocycles. The van der Waals surface area contributed by atoms with Gasteiger partial charge in [0.1, 0.15) is 5.75 Å². The van der Waals surface area contributed by atoms with Crippen molar-refractivity contribution in [3.05, 3.63) is 23.2 Å². The van der Waals surface area contributed by atoms with Crippen LogP contribution in [-0.2, 0) is 4.74 Å². The Balaban J connectivity index is 1.95. The van der Waals surface area contributed by atoms with E-state index in [2.05, 4.69) is 10.6 Å². The van der Waals surface area contributed by atoms with E-state index in [1.807, 2.05) is 6.92 Å². The summed E-state index contributed by atoms with van der Waals surface area (Å²) < 4.78 is 10.7. The van der Waals surface area contributed by atoms with Gasteiger partial charge in [-0.15, -0.1) is 0 Å². The highest BCUT2D eigenvalue weighted by Gasteiger charge is 2.23. The highest BCUT2D eigenvalue weighted by molar-refractivity contribution is 6.31. The van der Waals surface area contributed by atoms with Crippen LogP contribution in [0.15, 0.2) is 18.2 Å². The fourth-order valence-corrected chi connectivity index (χ4v) is 2.41. The lowest BCUT2D eigenvalue weighted by Crippen LogP contribution is -2.43. The average Bonchev–Trinajstić information content (AvgIpc) is 2.92. The second-order valence-corrected chi connectivity index (χ2v) is 5.22. The minimum absolute atomic E-state index is 0.0392. The molecule has 0 bridgehead atoms. The third-order valence-electron chi connectivity index (χ3n) is 3.29. The van der Waals surface area contributed by atoms with Gasteiger partial charge in [0.15, 0.2) is 0 Å². The monoisotopic (exact) mass is 298 g/mol. The maximum Gasteiger partial charge on any atom is 0.319 e. The normalized spacial score (nSPS) is 19.4. The molecule has 1 aromatic carbocycles. The molecule has 2 rings (SSSR count). The maximum atomic E-state index is 12.0. The summed E-state index contributed by atoms with van der Waals surface area (Å²) in [4.78, 5) is 12.0. The van der Waals surface area contributed by atoms with Gasteiger partial charge in [0.2, 0.25) is 0 Å². The number of carbonyl (C=O) groups is 1. The standard InChI is InChI=1S/C14H19ClN2O3/c1-9(12-4-3-7-20-12)16-14(18)17-11-8-10(15)5-6-13(11)19-2/h5-6,8-9,12H,3-4,7H2,1-2H3,(H2,16,17,18)/t9-,12+/m1/s1. The molecule has 1 aromatic rings. The van der Waals surface area contributed by atoms with E-state index in [0.29, 0.717) is 16.5 Å². The second kappa shape index (κ2) is 6.81. The first-order valence-corrected chi connectivity index (χ1v) is 7.00. The van der Waals surface area contributed by atoms with Crippen LogP contribution in [0.5, 0.6) is 5.75 Å². The zero-order valence-corrected chi connectivity index (χ0v) is 12.4. The highest BCUT2D eigenvalue weighted by atomic mass is 35.5. The van der Waals surface area contributed by atoms with Crippen molar-refractivity contribution in [2.45, 2.75) is 31.9 Å². The molecule has 0 radical (unpaired) electrons. The van der Waals surface area contributed by atoms with Gasteiger partial charge >= 0.3 is 6.03 Å². The van der Waals surface area contributed by atoms with Crippen molar-refractivity contribution >= 4 is 23.3 Å². The highest BCUT2D eigenvalue weighted by Crippen LogP contribution is 2.27. The Hall–Kier alpha value is -1.46. The van der Waals surface area contributed by atoms with Crippen molar-refractivity contribution in [1.82, 2.24) is 5.32 Å². The second-order valence-electron chi connectivity index (χ2n) is 4.78. The van der Waals surface area contributed by atoms with Crippen molar-refractivity contribution in [1.29, 1.82) is 0 Å². The minimum atomic E-state index is -0.298. The van der Waals surface area contributed by atoms with Gasteiger partial charge in [-0.2, -0.15) is 0 Å². The van der Waals surface area contributed by atoms with Crippen LogP contribution >= 0.6 is 11.6 Å². The molecule has 5 nitrogen and oxygen atoms in total. The number of urea groups is 1. The number of anilines is 1. The van der Waals surface area contributed by atoms with Gasteiger partial charge in [-0.1, -0.05) is 11.6 Å². The maximum absolute atomic E-state index is 12.0. The summed E-state index contributed by atoms with van der Waals surface area (Å²) in [5, 5.41) is 6.14.